The molecule has 0 spiro atoms. The fraction of sp³-hybridized carbons (Fsp3) is 0.913. The molecule has 2 amide bonds. The molecule has 6 heteroatoms. The van der Waals surface area contributed by atoms with Crippen LogP contribution in [-0.2, 0) is 9.59 Å². The van der Waals surface area contributed by atoms with Gasteiger partial charge in [0.1, 0.15) is 0 Å². The third kappa shape index (κ3) is 5.52. The van der Waals surface area contributed by atoms with Gasteiger partial charge in [0.25, 0.3) is 0 Å². The first-order valence-corrected chi connectivity index (χ1v) is 11.8. The van der Waals surface area contributed by atoms with Gasteiger partial charge in [0.05, 0.1) is 13.1 Å². The highest BCUT2D eigenvalue weighted by Gasteiger charge is 2.51. The summed E-state index contributed by atoms with van der Waals surface area (Å²) in [6, 6.07) is 0.374. The highest BCUT2D eigenvalue weighted by Crippen LogP contribution is 2.55. The number of likely N-dealkylation sites (tertiary alicyclic amines) is 1. The van der Waals surface area contributed by atoms with Crippen LogP contribution in [0, 0.1) is 17.8 Å². The van der Waals surface area contributed by atoms with E-state index >= 15 is 0 Å². The van der Waals surface area contributed by atoms with E-state index < -0.39 is 0 Å². The minimum atomic E-state index is -0.180. The topological polar surface area (TPSA) is 73.5 Å². The number of carbonyl (C=O) groups is 2. The summed E-state index contributed by atoms with van der Waals surface area (Å²) in [5.74, 6) is 2.84. The van der Waals surface area contributed by atoms with Crippen molar-refractivity contribution in [2.24, 2.45) is 17.8 Å². The molecule has 0 radical (unpaired) electrons. The van der Waals surface area contributed by atoms with Crippen LogP contribution in [0.5, 0.6) is 0 Å². The van der Waals surface area contributed by atoms with E-state index in [-0.39, 0.29) is 22.9 Å². The van der Waals surface area contributed by atoms with Crippen molar-refractivity contribution in [3.63, 3.8) is 0 Å². The average molecular weight is 405 g/mol. The summed E-state index contributed by atoms with van der Waals surface area (Å²) in [5.41, 5.74) is -0.0711. The second-order valence-corrected chi connectivity index (χ2v) is 11.5. The first kappa shape index (κ1) is 21.1. The minimum absolute atomic E-state index is 0.0962. The van der Waals surface area contributed by atoms with Crippen LogP contribution < -0.4 is 16.0 Å². The van der Waals surface area contributed by atoms with Crippen LogP contribution in [0.3, 0.4) is 0 Å². The van der Waals surface area contributed by atoms with Gasteiger partial charge in [0, 0.05) is 30.2 Å². The summed E-state index contributed by atoms with van der Waals surface area (Å²) in [5, 5.41) is 9.96. The Kier molecular flexibility index (Phi) is 5.95. The van der Waals surface area contributed by atoms with Crippen molar-refractivity contribution < 1.29 is 9.59 Å². The summed E-state index contributed by atoms with van der Waals surface area (Å²) in [6.07, 6.45) is 9.82. The van der Waals surface area contributed by atoms with Crippen LogP contribution in [0.1, 0.15) is 72.1 Å². The average Bonchev–Trinajstić information content (AvgIpc) is 2.58. The number of rotatable bonds is 6. The third-order valence-corrected chi connectivity index (χ3v) is 7.46. The van der Waals surface area contributed by atoms with E-state index in [0.29, 0.717) is 19.1 Å². The van der Waals surface area contributed by atoms with E-state index in [0.717, 1.165) is 43.7 Å². The van der Waals surface area contributed by atoms with Gasteiger partial charge in [-0.25, -0.2) is 0 Å². The monoisotopic (exact) mass is 404 g/mol. The number of piperidine rings is 1. The molecule has 4 aliphatic carbocycles. The molecule has 0 atom stereocenters. The maximum Gasteiger partial charge on any atom is 0.234 e. The van der Waals surface area contributed by atoms with Crippen LogP contribution in [-0.4, -0.2) is 60.0 Å². The molecule has 5 rings (SSSR count). The highest BCUT2D eigenvalue weighted by molar-refractivity contribution is 5.79. The number of carbonyl (C=O) groups excluding carboxylic acids is 2. The van der Waals surface area contributed by atoms with Crippen LogP contribution >= 0.6 is 0 Å². The fourth-order valence-corrected chi connectivity index (χ4v) is 6.80. The predicted molar refractivity (Wildman–Crippen MR) is 114 cm³/mol. The SMILES string of the molecule is CC(C)(C)NC(=O)CN1CCC(NCC(=O)NC23CC4CC(CC(C4)C2)C3)CC1. The van der Waals surface area contributed by atoms with Crippen molar-refractivity contribution in [2.75, 3.05) is 26.2 Å². The standard InChI is InChI=1S/C23H40N4O2/c1-22(2,3)25-21(29)15-27-6-4-19(5-7-27)24-14-20(28)26-23-11-16-8-17(12-23)10-18(9-16)13-23/h16-19,24H,4-15H2,1-3H3,(H,25,29)(H,26,28). The van der Waals surface area contributed by atoms with Crippen LogP contribution in [0.2, 0.25) is 0 Å². The predicted octanol–water partition coefficient (Wildman–Crippen LogP) is 2.04. The molecule has 6 nitrogen and oxygen atoms in total. The van der Waals surface area contributed by atoms with E-state index in [1.807, 2.05) is 20.8 Å². The summed E-state index contributed by atoms with van der Waals surface area (Å²) in [6.45, 7) is 8.74. The lowest BCUT2D eigenvalue weighted by Crippen LogP contribution is -2.61. The molecular weight excluding hydrogens is 364 g/mol. The number of amides is 2. The number of nitrogens with zero attached hydrogens (tertiary/aromatic N) is 1. The summed E-state index contributed by atoms with van der Waals surface area (Å²) >= 11 is 0. The van der Waals surface area contributed by atoms with Crippen molar-refractivity contribution in [3.8, 4) is 0 Å². The van der Waals surface area contributed by atoms with E-state index in [9.17, 15) is 9.59 Å². The third-order valence-electron chi connectivity index (χ3n) is 7.46. The Morgan fingerprint density at radius 1 is 0.931 bits per heavy atom. The molecule has 0 aromatic rings. The summed E-state index contributed by atoms with van der Waals surface area (Å²) in [4.78, 5) is 27.0. The van der Waals surface area contributed by atoms with E-state index in [1.54, 1.807) is 0 Å². The molecule has 29 heavy (non-hydrogen) atoms. The van der Waals surface area contributed by atoms with Gasteiger partial charge in [-0.1, -0.05) is 0 Å². The Labute approximate surface area is 175 Å². The lowest BCUT2D eigenvalue weighted by Gasteiger charge is -2.56. The van der Waals surface area contributed by atoms with E-state index in [2.05, 4.69) is 20.9 Å². The molecular formula is C23H40N4O2. The van der Waals surface area contributed by atoms with E-state index in [1.165, 1.54) is 38.5 Å². The molecule has 164 valence electrons. The molecule has 5 aliphatic rings. The van der Waals surface area contributed by atoms with Crippen LogP contribution in [0.15, 0.2) is 0 Å². The molecule has 3 N–H and O–H groups in total. The van der Waals surface area contributed by atoms with Gasteiger partial charge >= 0.3 is 0 Å². The van der Waals surface area contributed by atoms with Crippen molar-refractivity contribution in [1.29, 1.82) is 0 Å². The van der Waals surface area contributed by atoms with Crippen molar-refractivity contribution in [2.45, 2.75) is 89.3 Å². The summed E-state index contributed by atoms with van der Waals surface area (Å²) in [7, 11) is 0. The highest BCUT2D eigenvalue weighted by atomic mass is 16.2. The fourth-order valence-electron chi connectivity index (χ4n) is 6.80. The van der Waals surface area contributed by atoms with Gasteiger partial charge in [-0.05, 0) is 89.9 Å². The van der Waals surface area contributed by atoms with Gasteiger partial charge in [-0.15, -0.1) is 0 Å². The maximum absolute atomic E-state index is 12.7. The first-order chi connectivity index (χ1) is 13.7. The first-order valence-electron chi connectivity index (χ1n) is 11.8. The number of hydrogen-bond acceptors (Lipinski definition) is 4. The Bertz CT molecular complexity index is 584. The Morgan fingerprint density at radius 2 is 1.48 bits per heavy atom. The van der Waals surface area contributed by atoms with Crippen molar-refractivity contribution in [3.05, 3.63) is 0 Å². The zero-order valence-electron chi connectivity index (χ0n) is 18.6. The minimum Gasteiger partial charge on any atom is -0.350 e. The Hall–Kier alpha value is -1.14. The molecule has 1 saturated heterocycles. The van der Waals surface area contributed by atoms with Gasteiger partial charge < -0.3 is 16.0 Å². The molecule has 0 aromatic heterocycles. The summed E-state index contributed by atoms with van der Waals surface area (Å²) < 4.78 is 0. The second-order valence-electron chi connectivity index (χ2n) is 11.5. The second kappa shape index (κ2) is 8.18. The van der Waals surface area contributed by atoms with Gasteiger partial charge in [-0.3, -0.25) is 14.5 Å². The normalized spacial score (nSPS) is 34.9. The van der Waals surface area contributed by atoms with Crippen molar-refractivity contribution >= 4 is 11.8 Å². The largest absolute Gasteiger partial charge is 0.350 e. The Morgan fingerprint density at radius 3 is 2.00 bits per heavy atom. The van der Waals surface area contributed by atoms with Gasteiger partial charge in [0.2, 0.25) is 11.8 Å². The molecule has 5 fully saturated rings. The quantitative estimate of drug-likeness (QED) is 0.633. The molecule has 1 heterocycles. The van der Waals surface area contributed by atoms with Crippen LogP contribution in [0.25, 0.3) is 0 Å². The molecule has 1 aliphatic heterocycles. The number of hydrogen-bond donors (Lipinski definition) is 3. The van der Waals surface area contributed by atoms with E-state index in [4.69, 9.17) is 0 Å². The van der Waals surface area contributed by atoms with Gasteiger partial charge in [0.15, 0.2) is 0 Å². The lowest BCUT2D eigenvalue weighted by molar-refractivity contribution is -0.126. The van der Waals surface area contributed by atoms with Crippen LogP contribution in [0.4, 0.5) is 0 Å². The van der Waals surface area contributed by atoms with Gasteiger partial charge in [-0.2, -0.15) is 0 Å². The zero-order chi connectivity index (χ0) is 20.6. The smallest absolute Gasteiger partial charge is 0.234 e. The maximum atomic E-state index is 12.7. The zero-order valence-corrected chi connectivity index (χ0v) is 18.6. The lowest BCUT2D eigenvalue weighted by atomic mass is 9.53. The number of nitrogens with one attached hydrogen (secondary N) is 3. The van der Waals surface area contributed by atoms with Crippen molar-refractivity contribution in [1.82, 2.24) is 20.9 Å². The molecule has 4 bridgehead atoms. The Balaban J connectivity index is 1.15. The molecule has 0 aromatic carbocycles. The molecule has 4 saturated carbocycles. The molecule has 0 unspecified atom stereocenters.